The lowest BCUT2D eigenvalue weighted by molar-refractivity contribution is 0.00578. The van der Waals surface area contributed by atoms with E-state index in [4.69, 9.17) is 33.6 Å². The maximum atomic E-state index is 6.56. The first-order valence-electron chi connectivity index (χ1n) is 43.5. The molecule has 9 aromatic rings. The summed E-state index contributed by atoms with van der Waals surface area (Å²) in [6.07, 6.45) is 39.3. The molecular formula is C100H129B2Br4N3O4. The van der Waals surface area contributed by atoms with Crippen LogP contribution in [0.4, 0.5) is 0 Å². The van der Waals surface area contributed by atoms with E-state index in [1.807, 2.05) is 48.5 Å². The maximum absolute atomic E-state index is 6.56. The molecule has 12 rings (SSSR count). The predicted molar refractivity (Wildman–Crippen MR) is 495 cm³/mol. The summed E-state index contributed by atoms with van der Waals surface area (Å²) in [7, 11) is -0.698. The third-order valence-electron chi connectivity index (χ3n) is 24.4. The maximum Gasteiger partial charge on any atom is 0.495 e. The van der Waals surface area contributed by atoms with Gasteiger partial charge >= 0.3 is 14.2 Å². The van der Waals surface area contributed by atoms with Crippen molar-refractivity contribution in [2.24, 2.45) is 0 Å². The lowest BCUT2D eigenvalue weighted by Gasteiger charge is -2.34. The third kappa shape index (κ3) is 24.0. The summed E-state index contributed by atoms with van der Waals surface area (Å²) >= 11 is 14.7. The molecule has 0 N–H and O–H groups in total. The van der Waals surface area contributed by atoms with Crippen LogP contribution in [0.15, 0.2) is 188 Å². The molecule has 0 bridgehead atoms. The number of fused-ring (bicyclic) bond motifs is 3. The number of rotatable bonds is 38. The molecule has 0 atom stereocenters. The summed E-state index contributed by atoms with van der Waals surface area (Å²) < 4.78 is 30.6. The standard InChI is InChI=1S/C37H40Br2.C33H37Br2N3.C30H52B2O4/c1-3-5-7-9-11-27-13-17-29(18-14-27)37(30-19-15-28(16-20-30)12-10-8-6-4-2)35-25-31(38)21-23-33(35)34-24-22-32(39)26-36(34)37;1-2-3-4-5-6-7-8-9-10-11-12-25-13-15-26(16-14-25)31-36-32(27-17-21-29(34)22-18-27)38-33(37-31)28-19-23-30(35)24-20-28;1-11-13-15-17-19-23-21-26(32-35-29(7,8)30(9,10)36-32)24(20-18-16-14-12-2)22-25(23)31-33-27(3,4)28(5,6)34-31/h13-26H,3-12H2,1-2H3;13-24H,2-12H2,1H3;21-22H,11-20H2,1-10H3. The molecule has 2 saturated heterocycles. The Morgan fingerprint density at radius 3 is 0.823 bits per heavy atom. The van der Waals surface area contributed by atoms with E-state index in [0.717, 1.165) is 66.7 Å². The molecule has 0 spiro atoms. The Balaban J connectivity index is 0.000000180. The second kappa shape index (κ2) is 43.4. The zero-order valence-corrected chi connectivity index (χ0v) is 77.1. The minimum Gasteiger partial charge on any atom is -0.399 e. The zero-order chi connectivity index (χ0) is 80.6. The van der Waals surface area contributed by atoms with E-state index in [0.29, 0.717) is 17.5 Å². The van der Waals surface area contributed by atoms with Crippen molar-refractivity contribution in [2.45, 2.75) is 317 Å². The fourth-order valence-corrected chi connectivity index (χ4v) is 17.3. The number of aryl methyl sites for hydroxylation is 5. The van der Waals surface area contributed by atoms with Gasteiger partial charge in [0.05, 0.1) is 27.8 Å². The van der Waals surface area contributed by atoms with Gasteiger partial charge < -0.3 is 18.6 Å². The molecule has 0 radical (unpaired) electrons. The van der Waals surface area contributed by atoms with Crippen LogP contribution in [-0.2, 0) is 56.1 Å². The molecule has 2 aliphatic heterocycles. The number of halogens is 4. The first-order chi connectivity index (χ1) is 54.4. The van der Waals surface area contributed by atoms with Crippen LogP contribution in [0.3, 0.4) is 0 Å². The minimum atomic E-state index is -0.361. The van der Waals surface area contributed by atoms with E-state index in [2.05, 4.69) is 275 Å². The van der Waals surface area contributed by atoms with Gasteiger partial charge in [-0.3, -0.25) is 0 Å². The van der Waals surface area contributed by atoms with Gasteiger partial charge in [0.2, 0.25) is 0 Å². The Bertz CT molecular complexity index is 4130. The number of benzene rings is 8. The molecule has 1 aliphatic carbocycles. The van der Waals surface area contributed by atoms with Gasteiger partial charge in [0.15, 0.2) is 17.5 Å². The van der Waals surface area contributed by atoms with Crippen molar-refractivity contribution in [3.63, 3.8) is 0 Å². The summed E-state index contributed by atoms with van der Waals surface area (Å²) in [5.74, 6) is 2.05. The number of hydrogen-bond acceptors (Lipinski definition) is 7. The molecule has 602 valence electrons. The van der Waals surface area contributed by atoms with Crippen molar-refractivity contribution in [1.29, 1.82) is 0 Å². The Labute approximate surface area is 716 Å². The molecule has 13 heteroatoms. The van der Waals surface area contributed by atoms with Gasteiger partial charge in [-0.15, -0.1) is 0 Å². The van der Waals surface area contributed by atoms with Gasteiger partial charge in [0, 0.05) is 34.6 Å². The monoisotopic (exact) mass is 1770 g/mol. The smallest absolute Gasteiger partial charge is 0.399 e. The summed E-state index contributed by atoms with van der Waals surface area (Å²) in [5.41, 5.74) is 18.5. The quantitative estimate of drug-likeness (QED) is 0.0282. The van der Waals surface area contributed by atoms with E-state index in [9.17, 15) is 0 Å². The van der Waals surface area contributed by atoms with Gasteiger partial charge in [-0.05, 0) is 240 Å². The first kappa shape index (κ1) is 90.0. The largest absolute Gasteiger partial charge is 0.495 e. The van der Waals surface area contributed by atoms with Crippen molar-refractivity contribution >= 4 is 88.9 Å². The van der Waals surface area contributed by atoms with Gasteiger partial charge in [0.25, 0.3) is 0 Å². The van der Waals surface area contributed by atoms with Crippen LogP contribution in [0.5, 0.6) is 0 Å². The van der Waals surface area contributed by atoms with E-state index in [-0.39, 0.29) is 42.1 Å². The number of nitrogens with zero attached hydrogens (tertiary/aromatic N) is 3. The molecule has 3 heterocycles. The summed E-state index contributed by atoms with van der Waals surface area (Å²) in [5, 5.41) is 0. The lowest BCUT2D eigenvalue weighted by Crippen LogP contribution is -2.43. The Morgan fingerprint density at radius 2 is 0.522 bits per heavy atom. The predicted octanol–water partition coefficient (Wildman–Crippen LogP) is 29.2. The van der Waals surface area contributed by atoms with E-state index in [1.54, 1.807) is 0 Å². The van der Waals surface area contributed by atoms with Crippen LogP contribution in [0.25, 0.3) is 45.3 Å². The number of hydrogen-bond donors (Lipinski definition) is 0. The molecule has 1 aromatic heterocycles. The fraction of sp³-hybridized carbons (Fsp3) is 0.490. The van der Waals surface area contributed by atoms with Crippen molar-refractivity contribution in [1.82, 2.24) is 15.0 Å². The topological polar surface area (TPSA) is 75.6 Å². The highest BCUT2D eigenvalue weighted by Gasteiger charge is 2.55. The Kier molecular flexibility index (Phi) is 34.6. The third-order valence-corrected chi connectivity index (χ3v) is 26.4. The lowest BCUT2D eigenvalue weighted by atomic mass is 9.67. The van der Waals surface area contributed by atoms with Crippen LogP contribution in [0.1, 0.15) is 307 Å². The normalized spacial score (nSPS) is 15.3. The second-order valence-electron chi connectivity index (χ2n) is 34.1. The van der Waals surface area contributed by atoms with Crippen molar-refractivity contribution in [3.8, 4) is 45.3 Å². The van der Waals surface area contributed by atoms with Crippen molar-refractivity contribution in [2.75, 3.05) is 0 Å². The van der Waals surface area contributed by atoms with Crippen LogP contribution in [0, 0.1) is 0 Å². The number of aromatic nitrogens is 3. The summed E-state index contributed by atoms with van der Waals surface area (Å²) in [6, 6.07) is 62.4. The molecule has 0 amide bonds. The Hall–Kier alpha value is -5.34. The van der Waals surface area contributed by atoms with Crippen molar-refractivity contribution < 1.29 is 18.6 Å². The van der Waals surface area contributed by atoms with Crippen LogP contribution < -0.4 is 10.9 Å². The van der Waals surface area contributed by atoms with Crippen LogP contribution in [-0.4, -0.2) is 51.6 Å². The van der Waals surface area contributed by atoms with Gasteiger partial charge in [-0.2, -0.15) is 0 Å². The average molecular weight is 1780 g/mol. The average Bonchev–Trinajstić information content (AvgIpc) is 1.54. The van der Waals surface area contributed by atoms with Gasteiger partial charge in [-0.25, -0.2) is 15.0 Å². The molecule has 2 fully saturated rings. The van der Waals surface area contributed by atoms with Crippen molar-refractivity contribution in [3.05, 3.63) is 238 Å². The number of unbranched alkanes of at least 4 members (excludes halogenated alkanes) is 21. The van der Waals surface area contributed by atoms with E-state index >= 15 is 0 Å². The van der Waals surface area contributed by atoms with Gasteiger partial charge in [-0.1, -0.05) is 355 Å². The molecule has 8 aromatic carbocycles. The minimum absolute atomic E-state index is 0.349. The molecule has 113 heavy (non-hydrogen) atoms. The molecule has 0 saturated carbocycles. The SMILES string of the molecule is CCCCCCCCCCCCc1ccc(-c2nc(-c3ccc(Br)cc3)nc(-c3ccc(Br)cc3)n2)cc1.CCCCCCc1cc(B2OC(C)(C)C(C)(C)O2)c(CCCCCC)cc1B1OC(C)(C)C(C)(C)O1.CCCCCCc1ccc(C2(c3ccc(CCCCCC)cc3)c3cc(Br)ccc3-c3ccc(Br)cc32)cc1. The molecule has 0 unspecified atom stereocenters. The van der Waals surface area contributed by atoms with Crippen LogP contribution in [0.2, 0.25) is 0 Å². The summed E-state index contributed by atoms with van der Waals surface area (Å²) in [4.78, 5) is 14.5. The summed E-state index contributed by atoms with van der Waals surface area (Å²) in [6.45, 7) is 28.5. The van der Waals surface area contributed by atoms with E-state index < -0.39 is 0 Å². The first-order valence-corrected chi connectivity index (χ1v) is 46.6. The molecule has 3 aliphatic rings. The zero-order valence-electron chi connectivity index (χ0n) is 70.7. The fourth-order valence-electron chi connectivity index (χ4n) is 16.0. The molecular weight excluding hydrogens is 1650 g/mol. The Morgan fingerprint density at radius 1 is 0.274 bits per heavy atom. The highest BCUT2D eigenvalue weighted by atomic mass is 79.9. The van der Waals surface area contributed by atoms with Crippen LogP contribution >= 0.6 is 63.7 Å². The highest BCUT2D eigenvalue weighted by Crippen LogP contribution is 2.57. The molecule has 7 nitrogen and oxygen atoms in total. The van der Waals surface area contributed by atoms with Gasteiger partial charge in [0.1, 0.15) is 0 Å². The highest BCUT2D eigenvalue weighted by molar-refractivity contribution is 9.11. The van der Waals surface area contributed by atoms with E-state index in [1.165, 1.54) is 239 Å². The second-order valence-corrected chi connectivity index (χ2v) is 37.8.